The summed E-state index contributed by atoms with van der Waals surface area (Å²) < 4.78 is 1.88. The van der Waals surface area contributed by atoms with Gasteiger partial charge in [0.05, 0.1) is 22.5 Å². The summed E-state index contributed by atoms with van der Waals surface area (Å²) in [5.41, 5.74) is 2.46. The van der Waals surface area contributed by atoms with Gasteiger partial charge >= 0.3 is 0 Å². The summed E-state index contributed by atoms with van der Waals surface area (Å²) in [4.78, 5) is 29.7. The Hall–Kier alpha value is -3.71. The van der Waals surface area contributed by atoms with Gasteiger partial charge in [0.15, 0.2) is 0 Å². The van der Waals surface area contributed by atoms with E-state index in [4.69, 9.17) is 0 Å². The van der Waals surface area contributed by atoms with Crippen LogP contribution < -0.4 is 10.6 Å². The Morgan fingerprint density at radius 1 is 0.893 bits per heavy atom. The van der Waals surface area contributed by atoms with Crippen LogP contribution in [0.5, 0.6) is 0 Å². The lowest BCUT2D eigenvalue weighted by Gasteiger charge is -2.11. The molecule has 0 radical (unpaired) electrons. The van der Waals surface area contributed by atoms with Gasteiger partial charge in [-0.15, -0.1) is 11.3 Å². The first-order valence-corrected chi connectivity index (χ1v) is 9.42. The fourth-order valence-electron chi connectivity index (χ4n) is 2.71. The Kier molecular flexibility index (Phi) is 4.99. The first-order valence-electron chi connectivity index (χ1n) is 8.54. The summed E-state index contributed by atoms with van der Waals surface area (Å²) in [5.74, 6) is -0.530. The lowest BCUT2D eigenvalue weighted by molar-refractivity contribution is 0.102. The fraction of sp³-hybridized carbons (Fsp3) is 0. The first kappa shape index (κ1) is 17.7. The van der Waals surface area contributed by atoms with Crippen molar-refractivity contribution in [3.05, 3.63) is 95.2 Å². The Morgan fingerprint density at radius 3 is 2.43 bits per heavy atom. The topological polar surface area (TPSA) is 76.0 Å². The minimum atomic E-state index is -0.294. The fourth-order valence-corrected chi connectivity index (χ4v) is 3.33. The summed E-state index contributed by atoms with van der Waals surface area (Å²) in [6.45, 7) is 0. The van der Waals surface area contributed by atoms with E-state index in [2.05, 4.69) is 15.6 Å². The summed E-state index contributed by atoms with van der Waals surface area (Å²) in [7, 11) is 0. The maximum absolute atomic E-state index is 12.7. The van der Waals surface area contributed by atoms with E-state index in [0.29, 0.717) is 21.8 Å². The van der Waals surface area contributed by atoms with Crippen LogP contribution in [-0.4, -0.2) is 21.4 Å². The molecular formula is C21H16N4O2S. The number of amides is 2. The molecule has 0 saturated heterocycles. The molecule has 6 nitrogen and oxygen atoms in total. The van der Waals surface area contributed by atoms with Crippen LogP contribution >= 0.6 is 11.3 Å². The van der Waals surface area contributed by atoms with E-state index in [1.807, 2.05) is 46.5 Å². The number of aromatic nitrogens is 2. The van der Waals surface area contributed by atoms with Crippen molar-refractivity contribution in [1.29, 1.82) is 0 Å². The molecule has 2 amide bonds. The summed E-state index contributed by atoms with van der Waals surface area (Å²) in [6.07, 6.45) is 5.26. The van der Waals surface area contributed by atoms with Crippen molar-refractivity contribution in [2.24, 2.45) is 0 Å². The number of anilines is 2. The zero-order valence-corrected chi connectivity index (χ0v) is 15.5. The second kappa shape index (κ2) is 7.89. The molecule has 0 aliphatic rings. The van der Waals surface area contributed by atoms with Gasteiger partial charge in [-0.25, -0.2) is 4.98 Å². The minimum absolute atomic E-state index is 0.236. The zero-order valence-electron chi connectivity index (χ0n) is 14.7. The predicted octanol–water partition coefficient (Wildman–Crippen LogP) is 4.44. The van der Waals surface area contributed by atoms with Crippen molar-refractivity contribution in [2.45, 2.75) is 0 Å². The predicted molar refractivity (Wildman–Crippen MR) is 110 cm³/mol. The number of carbonyl (C=O) groups is 2. The van der Waals surface area contributed by atoms with Crippen LogP contribution in [0, 0.1) is 0 Å². The third-order valence-electron chi connectivity index (χ3n) is 4.09. The van der Waals surface area contributed by atoms with Gasteiger partial charge in [-0.1, -0.05) is 18.2 Å². The molecule has 0 aliphatic heterocycles. The molecule has 2 N–H and O–H groups in total. The minimum Gasteiger partial charge on any atom is -0.322 e. The van der Waals surface area contributed by atoms with Crippen LogP contribution in [0.3, 0.4) is 0 Å². The third kappa shape index (κ3) is 3.84. The van der Waals surface area contributed by atoms with Crippen LogP contribution in [0.15, 0.2) is 84.8 Å². The standard InChI is InChI=1S/C21H16N4O2S/c26-20(23-15-7-9-16(10-8-15)25-12-11-22-14-25)17-4-1-2-5-18(17)24-21(27)19-6-3-13-28-19/h1-14H,(H,23,26)(H,24,27). The van der Waals surface area contributed by atoms with Crippen molar-refractivity contribution >= 4 is 34.5 Å². The van der Waals surface area contributed by atoms with Gasteiger partial charge in [0.1, 0.15) is 0 Å². The second-order valence-corrected chi connectivity index (χ2v) is 6.90. The molecule has 138 valence electrons. The van der Waals surface area contributed by atoms with Gasteiger partial charge in [-0.3, -0.25) is 9.59 Å². The molecule has 2 heterocycles. The largest absolute Gasteiger partial charge is 0.322 e. The molecule has 2 aromatic heterocycles. The summed E-state index contributed by atoms with van der Waals surface area (Å²) in [6, 6.07) is 17.9. The number of nitrogens with zero attached hydrogens (tertiary/aromatic N) is 2. The average Bonchev–Trinajstić information content (AvgIpc) is 3.43. The van der Waals surface area contributed by atoms with E-state index in [1.54, 1.807) is 42.9 Å². The number of thiophene rings is 1. The molecule has 4 rings (SSSR count). The van der Waals surface area contributed by atoms with Crippen LogP contribution in [0.1, 0.15) is 20.0 Å². The van der Waals surface area contributed by atoms with Crippen LogP contribution in [0.2, 0.25) is 0 Å². The molecule has 28 heavy (non-hydrogen) atoms. The zero-order chi connectivity index (χ0) is 19.3. The van der Waals surface area contributed by atoms with Crippen molar-refractivity contribution in [3.8, 4) is 5.69 Å². The van der Waals surface area contributed by atoms with Gasteiger partial charge < -0.3 is 15.2 Å². The molecule has 0 spiro atoms. The van der Waals surface area contributed by atoms with E-state index < -0.39 is 0 Å². The molecule has 0 saturated carbocycles. The highest BCUT2D eigenvalue weighted by atomic mass is 32.1. The lowest BCUT2D eigenvalue weighted by Crippen LogP contribution is -2.17. The van der Waals surface area contributed by atoms with E-state index in [9.17, 15) is 9.59 Å². The SMILES string of the molecule is O=C(Nc1ccccc1C(=O)Nc1ccc(-n2ccnc2)cc1)c1cccs1. The summed E-state index contributed by atoms with van der Waals surface area (Å²) >= 11 is 1.35. The number of rotatable bonds is 5. The Morgan fingerprint density at radius 2 is 1.71 bits per heavy atom. The maximum Gasteiger partial charge on any atom is 0.265 e. The molecule has 0 fully saturated rings. The Labute approximate surface area is 165 Å². The molecule has 7 heteroatoms. The van der Waals surface area contributed by atoms with Crippen molar-refractivity contribution < 1.29 is 9.59 Å². The average molecular weight is 388 g/mol. The smallest absolute Gasteiger partial charge is 0.265 e. The first-order chi connectivity index (χ1) is 13.7. The molecule has 0 unspecified atom stereocenters. The Balaban J connectivity index is 1.50. The molecular weight excluding hydrogens is 372 g/mol. The van der Waals surface area contributed by atoms with Crippen LogP contribution in [-0.2, 0) is 0 Å². The van der Waals surface area contributed by atoms with Gasteiger partial charge in [0.2, 0.25) is 0 Å². The highest BCUT2D eigenvalue weighted by Gasteiger charge is 2.14. The van der Waals surface area contributed by atoms with E-state index in [1.165, 1.54) is 11.3 Å². The number of imidazole rings is 1. The van der Waals surface area contributed by atoms with Gasteiger partial charge in [-0.2, -0.15) is 0 Å². The van der Waals surface area contributed by atoms with E-state index in [0.717, 1.165) is 5.69 Å². The quantitative estimate of drug-likeness (QED) is 0.531. The number of hydrogen-bond donors (Lipinski definition) is 2. The number of nitrogens with one attached hydrogen (secondary N) is 2. The molecule has 0 atom stereocenters. The van der Waals surface area contributed by atoms with Gasteiger partial charge in [0, 0.05) is 23.8 Å². The Bertz CT molecular complexity index is 1090. The molecule has 4 aromatic rings. The second-order valence-electron chi connectivity index (χ2n) is 5.95. The highest BCUT2D eigenvalue weighted by Crippen LogP contribution is 2.20. The van der Waals surface area contributed by atoms with E-state index >= 15 is 0 Å². The van der Waals surface area contributed by atoms with Crippen LogP contribution in [0.4, 0.5) is 11.4 Å². The van der Waals surface area contributed by atoms with E-state index in [-0.39, 0.29) is 11.8 Å². The number of benzene rings is 2. The maximum atomic E-state index is 12.7. The number of carbonyl (C=O) groups excluding carboxylic acids is 2. The highest BCUT2D eigenvalue weighted by molar-refractivity contribution is 7.12. The normalized spacial score (nSPS) is 10.4. The number of para-hydroxylation sites is 1. The summed E-state index contributed by atoms with van der Waals surface area (Å²) in [5, 5.41) is 7.51. The third-order valence-corrected chi connectivity index (χ3v) is 4.96. The van der Waals surface area contributed by atoms with Gasteiger partial charge in [0.25, 0.3) is 11.8 Å². The number of hydrogen-bond acceptors (Lipinski definition) is 4. The van der Waals surface area contributed by atoms with Crippen LogP contribution in [0.25, 0.3) is 5.69 Å². The monoisotopic (exact) mass is 388 g/mol. The molecule has 2 aromatic carbocycles. The molecule has 0 aliphatic carbocycles. The van der Waals surface area contributed by atoms with Crippen molar-refractivity contribution in [3.63, 3.8) is 0 Å². The molecule has 0 bridgehead atoms. The van der Waals surface area contributed by atoms with Crippen molar-refractivity contribution in [1.82, 2.24) is 9.55 Å². The lowest BCUT2D eigenvalue weighted by atomic mass is 10.1. The van der Waals surface area contributed by atoms with Gasteiger partial charge in [-0.05, 0) is 47.8 Å². The van der Waals surface area contributed by atoms with Crippen molar-refractivity contribution in [2.75, 3.05) is 10.6 Å².